The average Bonchev–Trinajstić information content (AvgIpc) is 2.42. The topological polar surface area (TPSA) is 55.8 Å². The second-order valence-electron chi connectivity index (χ2n) is 5.81. The minimum absolute atomic E-state index is 0.0756. The Labute approximate surface area is 125 Å². The van der Waals surface area contributed by atoms with Gasteiger partial charge in [0.1, 0.15) is 5.82 Å². The lowest BCUT2D eigenvalue weighted by molar-refractivity contribution is 0.123. The van der Waals surface area contributed by atoms with Crippen molar-refractivity contribution in [1.29, 1.82) is 0 Å². The van der Waals surface area contributed by atoms with Crippen molar-refractivity contribution in [2.75, 3.05) is 13.2 Å². The maximum atomic E-state index is 13.8. The van der Waals surface area contributed by atoms with E-state index < -0.39 is 19.3 Å². The Bertz CT molecular complexity index is 474. The molecule has 1 aromatic rings. The first-order chi connectivity index (χ1) is 9.76. The van der Waals surface area contributed by atoms with Gasteiger partial charge in [-0.15, -0.1) is 0 Å². The molecule has 0 aliphatic heterocycles. The quantitative estimate of drug-likeness (QED) is 0.724. The molecule has 0 amide bonds. The fraction of sp³-hybridized carbons (Fsp3) is 0.600. The summed E-state index contributed by atoms with van der Waals surface area (Å²) in [5, 5.41) is 10.3. The summed E-state index contributed by atoms with van der Waals surface area (Å²) in [5.74, 6) is -2.02. The zero-order chi connectivity index (χ0) is 16.0. The van der Waals surface area contributed by atoms with Crippen molar-refractivity contribution >= 4 is 7.60 Å². The van der Waals surface area contributed by atoms with Crippen LogP contribution in [-0.2, 0) is 13.6 Å². The number of aliphatic hydroxyl groups excluding tert-OH is 1. The highest BCUT2D eigenvalue weighted by molar-refractivity contribution is 7.54. The number of benzene rings is 1. The van der Waals surface area contributed by atoms with Crippen LogP contribution in [0.2, 0.25) is 0 Å². The molecule has 1 aromatic carbocycles. The first kappa shape index (κ1) is 18.3. The first-order valence-corrected chi connectivity index (χ1v) is 8.68. The Morgan fingerprint density at radius 2 is 1.57 bits per heavy atom. The second-order valence-corrected chi connectivity index (χ2v) is 7.90. The number of rotatable bonds is 8. The minimum Gasteiger partial charge on any atom is -0.376 e. The fourth-order valence-corrected chi connectivity index (χ4v) is 3.46. The van der Waals surface area contributed by atoms with Crippen molar-refractivity contribution < 1.29 is 23.1 Å². The van der Waals surface area contributed by atoms with E-state index in [-0.39, 0.29) is 30.6 Å². The van der Waals surface area contributed by atoms with Crippen LogP contribution in [0.1, 0.15) is 39.1 Å². The molecular weight excluding hydrogens is 294 g/mol. The maximum absolute atomic E-state index is 13.8. The van der Waals surface area contributed by atoms with Gasteiger partial charge in [0.05, 0.1) is 13.2 Å². The predicted molar refractivity (Wildman–Crippen MR) is 80.5 cm³/mol. The Morgan fingerprint density at radius 1 is 1.10 bits per heavy atom. The van der Waals surface area contributed by atoms with Crippen LogP contribution in [0.25, 0.3) is 0 Å². The van der Waals surface area contributed by atoms with Gasteiger partial charge >= 0.3 is 7.60 Å². The van der Waals surface area contributed by atoms with E-state index in [4.69, 9.17) is 9.05 Å². The summed E-state index contributed by atoms with van der Waals surface area (Å²) in [5.41, 5.74) is -0.0756. The van der Waals surface area contributed by atoms with Gasteiger partial charge in [-0.1, -0.05) is 45.9 Å². The third-order valence-electron chi connectivity index (χ3n) is 2.66. The molecule has 4 nitrogen and oxygen atoms in total. The van der Waals surface area contributed by atoms with Crippen LogP contribution < -0.4 is 0 Å². The third-order valence-corrected chi connectivity index (χ3v) is 4.55. The van der Waals surface area contributed by atoms with Gasteiger partial charge in [0, 0.05) is 5.56 Å². The molecule has 1 atom stereocenters. The summed E-state index contributed by atoms with van der Waals surface area (Å²) in [7, 11) is -3.85. The van der Waals surface area contributed by atoms with Crippen molar-refractivity contribution in [3.63, 3.8) is 0 Å². The van der Waals surface area contributed by atoms with E-state index in [9.17, 15) is 14.1 Å². The van der Waals surface area contributed by atoms with Crippen molar-refractivity contribution in [3.05, 3.63) is 35.6 Å². The van der Waals surface area contributed by atoms with Gasteiger partial charge in [-0.2, -0.15) is 0 Å². The summed E-state index contributed by atoms with van der Waals surface area (Å²) in [6.07, 6.45) is 0. The average molecular weight is 318 g/mol. The van der Waals surface area contributed by atoms with Crippen LogP contribution in [-0.4, -0.2) is 18.3 Å². The van der Waals surface area contributed by atoms with E-state index in [2.05, 4.69) is 0 Å². The smallest absolute Gasteiger partial charge is 0.363 e. The van der Waals surface area contributed by atoms with Crippen LogP contribution in [0, 0.1) is 17.7 Å². The number of aliphatic hydroxyl groups is 1. The van der Waals surface area contributed by atoms with Crippen LogP contribution >= 0.6 is 7.60 Å². The Kier molecular flexibility index (Phi) is 7.01. The lowest BCUT2D eigenvalue weighted by Gasteiger charge is -2.25. The molecule has 0 saturated carbocycles. The molecule has 1 N–H and O–H groups in total. The van der Waals surface area contributed by atoms with Crippen molar-refractivity contribution in [1.82, 2.24) is 0 Å². The van der Waals surface area contributed by atoms with Gasteiger partial charge in [0.15, 0.2) is 5.85 Å². The standard InChI is InChI=1S/C15H24FO4P/c1-11(2)9-19-21(18,20-10-12(3)4)15(17)13-7-5-6-8-14(13)16/h5-8,11-12,15,17H,9-10H2,1-4H3/t15-/m0/s1. The summed E-state index contributed by atoms with van der Waals surface area (Å²) in [4.78, 5) is 0. The second kappa shape index (κ2) is 8.04. The molecule has 0 aliphatic carbocycles. The monoisotopic (exact) mass is 318 g/mol. The van der Waals surface area contributed by atoms with Gasteiger partial charge < -0.3 is 14.2 Å². The van der Waals surface area contributed by atoms with E-state index in [1.54, 1.807) is 6.07 Å². The number of halogens is 1. The molecule has 21 heavy (non-hydrogen) atoms. The third kappa shape index (κ3) is 5.51. The largest absolute Gasteiger partial charge is 0.376 e. The summed E-state index contributed by atoms with van der Waals surface area (Å²) in [6.45, 7) is 7.90. The van der Waals surface area contributed by atoms with Crippen LogP contribution in [0.3, 0.4) is 0 Å². The Hall–Kier alpha value is -0.740. The summed E-state index contributed by atoms with van der Waals surface area (Å²) >= 11 is 0. The highest BCUT2D eigenvalue weighted by Gasteiger charge is 2.37. The molecule has 0 radical (unpaired) electrons. The maximum Gasteiger partial charge on any atom is 0.363 e. The predicted octanol–water partition coefficient (Wildman–Crippen LogP) is 4.35. The van der Waals surface area contributed by atoms with E-state index >= 15 is 0 Å². The lowest BCUT2D eigenvalue weighted by atomic mass is 10.2. The van der Waals surface area contributed by atoms with Gasteiger partial charge in [-0.3, -0.25) is 4.57 Å². The zero-order valence-corrected chi connectivity index (χ0v) is 13.8. The Balaban J connectivity index is 2.99. The fourth-order valence-electron chi connectivity index (χ4n) is 1.54. The lowest BCUT2D eigenvalue weighted by Crippen LogP contribution is -2.12. The minimum atomic E-state index is -3.85. The van der Waals surface area contributed by atoms with E-state index in [0.717, 1.165) is 0 Å². The van der Waals surface area contributed by atoms with Crippen LogP contribution in [0.4, 0.5) is 4.39 Å². The van der Waals surface area contributed by atoms with Crippen molar-refractivity contribution in [2.24, 2.45) is 11.8 Å². The molecule has 1 rings (SSSR count). The van der Waals surface area contributed by atoms with Gasteiger partial charge in [-0.05, 0) is 17.9 Å². The molecule has 0 unspecified atom stereocenters. The van der Waals surface area contributed by atoms with Gasteiger partial charge in [-0.25, -0.2) is 4.39 Å². The molecule has 0 aliphatic rings. The molecule has 0 fully saturated rings. The molecule has 120 valence electrons. The van der Waals surface area contributed by atoms with E-state index in [1.165, 1.54) is 18.2 Å². The molecule has 0 spiro atoms. The van der Waals surface area contributed by atoms with Gasteiger partial charge in [0.2, 0.25) is 0 Å². The summed E-state index contributed by atoms with van der Waals surface area (Å²) in [6, 6.07) is 5.65. The van der Waals surface area contributed by atoms with Gasteiger partial charge in [0.25, 0.3) is 0 Å². The first-order valence-electron chi connectivity index (χ1n) is 7.07. The van der Waals surface area contributed by atoms with E-state index in [1.807, 2.05) is 27.7 Å². The molecular formula is C15H24FO4P. The zero-order valence-electron chi connectivity index (χ0n) is 13.0. The Morgan fingerprint density at radius 3 is 2.00 bits per heavy atom. The van der Waals surface area contributed by atoms with Crippen LogP contribution in [0.5, 0.6) is 0 Å². The molecule has 0 heterocycles. The highest BCUT2D eigenvalue weighted by Crippen LogP contribution is 2.60. The molecule has 0 saturated heterocycles. The number of hydrogen-bond donors (Lipinski definition) is 1. The SMILES string of the molecule is CC(C)COP(=O)(OCC(C)C)[C@H](O)c1ccccc1F. The molecule has 6 heteroatoms. The number of hydrogen-bond acceptors (Lipinski definition) is 4. The van der Waals surface area contributed by atoms with E-state index in [0.29, 0.717) is 0 Å². The normalized spacial score (nSPS) is 13.9. The van der Waals surface area contributed by atoms with Crippen molar-refractivity contribution in [2.45, 2.75) is 33.5 Å². The molecule has 0 bridgehead atoms. The van der Waals surface area contributed by atoms with Crippen LogP contribution in [0.15, 0.2) is 24.3 Å². The molecule has 0 aromatic heterocycles. The highest BCUT2D eigenvalue weighted by atomic mass is 31.2. The van der Waals surface area contributed by atoms with Crippen molar-refractivity contribution in [3.8, 4) is 0 Å². The summed E-state index contributed by atoms with van der Waals surface area (Å²) < 4.78 is 37.2.